The molecule has 0 spiro atoms. The van der Waals surface area contributed by atoms with Crippen molar-refractivity contribution < 1.29 is 4.74 Å². The molecule has 0 bridgehead atoms. The van der Waals surface area contributed by atoms with Gasteiger partial charge in [0.15, 0.2) is 0 Å². The van der Waals surface area contributed by atoms with Gasteiger partial charge in [0.25, 0.3) is 0 Å². The lowest BCUT2D eigenvalue weighted by Gasteiger charge is -2.34. The molecule has 4 atom stereocenters. The highest BCUT2D eigenvalue weighted by Crippen LogP contribution is 2.34. The molecule has 0 aromatic heterocycles. The summed E-state index contributed by atoms with van der Waals surface area (Å²) in [5.41, 5.74) is 7.32. The second kappa shape index (κ2) is 6.87. The summed E-state index contributed by atoms with van der Waals surface area (Å²) in [6.45, 7) is 4.32. The summed E-state index contributed by atoms with van der Waals surface area (Å²) in [6.07, 6.45) is 5.36. The van der Waals surface area contributed by atoms with Gasteiger partial charge in [-0.3, -0.25) is 0 Å². The fourth-order valence-electron chi connectivity index (χ4n) is 2.86. The van der Waals surface area contributed by atoms with Gasteiger partial charge in [-0.25, -0.2) is 0 Å². The first kappa shape index (κ1) is 15.0. The molecular formula is C16H24BrNO. The summed E-state index contributed by atoms with van der Waals surface area (Å²) >= 11 is 3.61. The smallest absolute Gasteiger partial charge is 0.0987 e. The van der Waals surface area contributed by atoms with Crippen molar-refractivity contribution in [3.8, 4) is 0 Å². The standard InChI is InChI=1S/C16H24BrNO/c1-11-7-3-6-10-15(11)19-16(12(2)18)13-8-4-5-9-14(13)17/h4-5,8-9,11-12,15-16H,3,6-7,10,18H2,1-2H3. The Morgan fingerprint density at radius 3 is 2.58 bits per heavy atom. The van der Waals surface area contributed by atoms with Crippen molar-refractivity contribution in [3.05, 3.63) is 34.3 Å². The zero-order valence-corrected chi connectivity index (χ0v) is 13.4. The molecule has 3 heteroatoms. The third kappa shape index (κ3) is 3.80. The molecule has 2 N–H and O–H groups in total. The summed E-state index contributed by atoms with van der Waals surface area (Å²) in [5.74, 6) is 0.637. The van der Waals surface area contributed by atoms with E-state index in [0.29, 0.717) is 12.0 Å². The molecule has 2 rings (SSSR count). The molecule has 1 fully saturated rings. The normalized spacial score (nSPS) is 26.9. The van der Waals surface area contributed by atoms with E-state index in [-0.39, 0.29) is 12.1 Å². The highest BCUT2D eigenvalue weighted by atomic mass is 79.9. The number of hydrogen-bond acceptors (Lipinski definition) is 2. The van der Waals surface area contributed by atoms with Crippen LogP contribution >= 0.6 is 15.9 Å². The maximum Gasteiger partial charge on any atom is 0.0987 e. The van der Waals surface area contributed by atoms with Crippen LogP contribution in [0.5, 0.6) is 0 Å². The fourth-order valence-corrected chi connectivity index (χ4v) is 3.37. The predicted octanol–water partition coefficient (Wildman–Crippen LogP) is 4.43. The van der Waals surface area contributed by atoms with Crippen LogP contribution in [0.15, 0.2) is 28.7 Å². The van der Waals surface area contributed by atoms with Crippen LogP contribution in [-0.2, 0) is 4.74 Å². The van der Waals surface area contributed by atoms with Gasteiger partial charge in [0.05, 0.1) is 12.2 Å². The molecule has 0 amide bonds. The van der Waals surface area contributed by atoms with E-state index in [4.69, 9.17) is 10.5 Å². The van der Waals surface area contributed by atoms with Crippen molar-refractivity contribution >= 4 is 15.9 Å². The average Bonchev–Trinajstić information content (AvgIpc) is 2.38. The largest absolute Gasteiger partial charge is 0.368 e. The lowest BCUT2D eigenvalue weighted by molar-refractivity contribution is -0.0654. The van der Waals surface area contributed by atoms with E-state index in [2.05, 4.69) is 35.0 Å². The van der Waals surface area contributed by atoms with E-state index < -0.39 is 0 Å². The Labute approximate surface area is 124 Å². The molecule has 1 aromatic rings. The average molecular weight is 326 g/mol. The van der Waals surface area contributed by atoms with Crippen molar-refractivity contribution in [1.82, 2.24) is 0 Å². The van der Waals surface area contributed by atoms with Gasteiger partial charge in [0.2, 0.25) is 0 Å². The topological polar surface area (TPSA) is 35.2 Å². The molecule has 2 nitrogen and oxygen atoms in total. The monoisotopic (exact) mass is 325 g/mol. The van der Waals surface area contributed by atoms with Crippen molar-refractivity contribution in [2.75, 3.05) is 0 Å². The van der Waals surface area contributed by atoms with Gasteiger partial charge in [0, 0.05) is 10.5 Å². The Morgan fingerprint density at radius 1 is 1.26 bits per heavy atom. The molecule has 0 aliphatic heterocycles. The van der Waals surface area contributed by atoms with Crippen LogP contribution in [0.25, 0.3) is 0 Å². The summed E-state index contributed by atoms with van der Waals surface area (Å²) in [4.78, 5) is 0. The fraction of sp³-hybridized carbons (Fsp3) is 0.625. The Balaban J connectivity index is 2.14. The van der Waals surface area contributed by atoms with Crippen molar-refractivity contribution in [3.63, 3.8) is 0 Å². The molecule has 4 unspecified atom stereocenters. The molecule has 19 heavy (non-hydrogen) atoms. The number of ether oxygens (including phenoxy) is 1. The third-order valence-electron chi connectivity index (χ3n) is 4.04. The molecule has 1 aliphatic carbocycles. The lowest BCUT2D eigenvalue weighted by atomic mass is 9.87. The van der Waals surface area contributed by atoms with Crippen LogP contribution in [0.4, 0.5) is 0 Å². The number of benzene rings is 1. The van der Waals surface area contributed by atoms with Gasteiger partial charge in [-0.05, 0) is 37.3 Å². The van der Waals surface area contributed by atoms with Gasteiger partial charge in [-0.1, -0.05) is 53.9 Å². The maximum atomic E-state index is 6.38. The second-order valence-corrected chi connectivity index (χ2v) is 6.59. The minimum absolute atomic E-state index is 0.00664. The zero-order chi connectivity index (χ0) is 13.8. The van der Waals surface area contributed by atoms with E-state index in [1.54, 1.807) is 0 Å². The Morgan fingerprint density at radius 2 is 1.95 bits per heavy atom. The van der Waals surface area contributed by atoms with E-state index in [1.807, 2.05) is 19.1 Å². The van der Waals surface area contributed by atoms with Crippen LogP contribution < -0.4 is 5.73 Å². The molecule has 1 aromatic carbocycles. The van der Waals surface area contributed by atoms with E-state index in [0.717, 1.165) is 16.5 Å². The Kier molecular flexibility index (Phi) is 5.43. The van der Waals surface area contributed by atoms with Crippen LogP contribution in [0.3, 0.4) is 0 Å². The quantitative estimate of drug-likeness (QED) is 0.888. The number of rotatable bonds is 4. The van der Waals surface area contributed by atoms with Crippen LogP contribution in [0.2, 0.25) is 0 Å². The summed E-state index contributed by atoms with van der Waals surface area (Å²) < 4.78 is 7.46. The summed E-state index contributed by atoms with van der Waals surface area (Å²) in [6, 6.07) is 8.22. The van der Waals surface area contributed by atoms with E-state index in [1.165, 1.54) is 19.3 Å². The molecular weight excluding hydrogens is 302 g/mol. The first-order valence-electron chi connectivity index (χ1n) is 7.25. The van der Waals surface area contributed by atoms with E-state index >= 15 is 0 Å². The molecule has 106 valence electrons. The number of halogens is 1. The third-order valence-corrected chi connectivity index (χ3v) is 4.77. The molecule has 1 saturated carbocycles. The highest BCUT2D eigenvalue weighted by Gasteiger charge is 2.28. The molecule has 1 aliphatic rings. The first-order chi connectivity index (χ1) is 9.09. The Bertz CT molecular complexity index is 407. The van der Waals surface area contributed by atoms with Gasteiger partial charge >= 0.3 is 0 Å². The van der Waals surface area contributed by atoms with Gasteiger partial charge in [0.1, 0.15) is 0 Å². The SMILES string of the molecule is CC(N)C(OC1CCCCC1C)c1ccccc1Br. The number of hydrogen-bond donors (Lipinski definition) is 1. The number of nitrogens with two attached hydrogens (primary N) is 1. The lowest BCUT2D eigenvalue weighted by Crippen LogP contribution is -2.34. The minimum Gasteiger partial charge on any atom is -0.368 e. The Hall–Kier alpha value is -0.380. The highest BCUT2D eigenvalue weighted by molar-refractivity contribution is 9.10. The molecule has 0 heterocycles. The molecule has 0 saturated heterocycles. The van der Waals surface area contributed by atoms with Crippen molar-refractivity contribution in [1.29, 1.82) is 0 Å². The van der Waals surface area contributed by atoms with Gasteiger partial charge < -0.3 is 10.5 Å². The van der Waals surface area contributed by atoms with Gasteiger partial charge in [-0.2, -0.15) is 0 Å². The van der Waals surface area contributed by atoms with Crippen LogP contribution in [0, 0.1) is 5.92 Å². The van der Waals surface area contributed by atoms with E-state index in [9.17, 15) is 0 Å². The molecule has 0 radical (unpaired) electrons. The summed E-state index contributed by atoms with van der Waals surface area (Å²) in [7, 11) is 0. The van der Waals surface area contributed by atoms with Crippen LogP contribution in [0.1, 0.15) is 51.2 Å². The van der Waals surface area contributed by atoms with Gasteiger partial charge in [-0.15, -0.1) is 0 Å². The zero-order valence-electron chi connectivity index (χ0n) is 11.8. The van der Waals surface area contributed by atoms with Crippen molar-refractivity contribution in [2.24, 2.45) is 11.7 Å². The predicted molar refractivity (Wildman–Crippen MR) is 83.0 cm³/mol. The maximum absolute atomic E-state index is 6.38. The summed E-state index contributed by atoms with van der Waals surface area (Å²) in [5, 5.41) is 0. The first-order valence-corrected chi connectivity index (χ1v) is 8.04. The van der Waals surface area contributed by atoms with Crippen LogP contribution in [-0.4, -0.2) is 12.1 Å². The van der Waals surface area contributed by atoms with Crippen molar-refractivity contribution in [2.45, 2.75) is 57.8 Å². The second-order valence-electron chi connectivity index (χ2n) is 5.74. The minimum atomic E-state index is -0.0267.